The molecule has 1 fully saturated rings. The molecule has 0 saturated heterocycles. The summed E-state index contributed by atoms with van der Waals surface area (Å²) < 4.78 is 5.68. The second-order valence-electron chi connectivity index (χ2n) is 5.85. The molecule has 108 valence electrons. The zero-order valence-corrected chi connectivity index (χ0v) is 11.5. The first kappa shape index (κ1) is 13.4. The number of benzene rings is 1. The van der Waals surface area contributed by atoms with E-state index >= 15 is 0 Å². The Balaban J connectivity index is 1.54. The number of aliphatic carboxylic acids is 1. The summed E-state index contributed by atoms with van der Waals surface area (Å²) in [6.07, 6.45) is 3.67. The molecule has 3 atom stereocenters. The highest BCUT2D eigenvalue weighted by molar-refractivity contribution is 5.70. The molecule has 0 aromatic heterocycles. The van der Waals surface area contributed by atoms with E-state index in [0.717, 1.165) is 44.6 Å². The number of carbonyl (C=O) groups is 1. The molecule has 1 aliphatic heterocycles. The van der Waals surface area contributed by atoms with Crippen molar-refractivity contribution in [3.05, 3.63) is 29.8 Å². The predicted molar refractivity (Wildman–Crippen MR) is 76.1 cm³/mol. The number of fused-ring (bicyclic) bond motifs is 1. The number of para-hydroxylation sites is 1. The van der Waals surface area contributed by atoms with Crippen molar-refractivity contribution in [1.29, 1.82) is 0 Å². The van der Waals surface area contributed by atoms with Crippen LogP contribution >= 0.6 is 0 Å². The third-order valence-electron chi connectivity index (χ3n) is 4.48. The predicted octanol–water partition coefficient (Wildman–Crippen LogP) is 2.40. The van der Waals surface area contributed by atoms with Crippen molar-refractivity contribution in [2.75, 3.05) is 13.2 Å². The standard InChI is InChI=1S/C16H21NO3/c18-16(19)11-4-3-5-13(8-11)17-9-12-10-20-15-7-2-1-6-14(12)15/h1-2,6-7,11-13,17H,3-5,8-10H2,(H,18,19). The molecule has 1 aromatic rings. The lowest BCUT2D eigenvalue weighted by molar-refractivity contribution is -0.143. The van der Waals surface area contributed by atoms with Gasteiger partial charge in [0, 0.05) is 24.1 Å². The molecule has 1 heterocycles. The second-order valence-corrected chi connectivity index (χ2v) is 5.85. The van der Waals surface area contributed by atoms with Crippen molar-refractivity contribution in [2.45, 2.75) is 37.6 Å². The number of hydrogen-bond acceptors (Lipinski definition) is 3. The molecule has 0 amide bonds. The Morgan fingerprint density at radius 3 is 3.05 bits per heavy atom. The van der Waals surface area contributed by atoms with E-state index in [1.807, 2.05) is 18.2 Å². The Labute approximate surface area is 119 Å². The molecule has 4 heteroatoms. The summed E-state index contributed by atoms with van der Waals surface area (Å²) >= 11 is 0. The highest BCUT2D eigenvalue weighted by Gasteiger charge is 2.29. The lowest BCUT2D eigenvalue weighted by atomic mass is 9.85. The highest BCUT2D eigenvalue weighted by atomic mass is 16.5. The number of ether oxygens (including phenoxy) is 1. The van der Waals surface area contributed by atoms with Crippen LogP contribution in [0.3, 0.4) is 0 Å². The van der Waals surface area contributed by atoms with Crippen molar-refractivity contribution >= 4 is 5.97 Å². The van der Waals surface area contributed by atoms with Gasteiger partial charge in [-0.05, 0) is 25.3 Å². The molecule has 3 unspecified atom stereocenters. The largest absolute Gasteiger partial charge is 0.493 e. The van der Waals surface area contributed by atoms with Crippen LogP contribution in [0.4, 0.5) is 0 Å². The molecule has 4 nitrogen and oxygen atoms in total. The summed E-state index contributed by atoms with van der Waals surface area (Å²) in [5, 5.41) is 12.7. The minimum absolute atomic E-state index is 0.173. The Hall–Kier alpha value is -1.55. The van der Waals surface area contributed by atoms with Gasteiger partial charge in [-0.25, -0.2) is 0 Å². The van der Waals surface area contributed by atoms with Gasteiger partial charge in [0.2, 0.25) is 0 Å². The minimum Gasteiger partial charge on any atom is -0.493 e. The Morgan fingerprint density at radius 1 is 1.35 bits per heavy atom. The number of nitrogens with one attached hydrogen (secondary N) is 1. The van der Waals surface area contributed by atoms with Gasteiger partial charge in [-0.3, -0.25) is 4.79 Å². The van der Waals surface area contributed by atoms with Crippen LogP contribution in [-0.2, 0) is 4.79 Å². The summed E-state index contributed by atoms with van der Waals surface area (Å²) in [7, 11) is 0. The van der Waals surface area contributed by atoms with Gasteiger partial charge in [-0.2, -0.15) is 0 Å². The van der Waals surface area contributed by atoms with E-state index in [4.69, 9.17) is 9.84 Å². The molecule has 2 N–H and O–H groups in total. The lowest BCUT2D eigenvalue weighted by Crippen LogP contribution is -2.38. The first-order valence-electron chi connectivity index (χ1n) is 7.42. The molecule has 0 bridgehead atoms. The van der Waals surface area contributed by atoms with Gasteiger partial charge >= 0.3 is 5.97 Å². The maximum atomic E-state index is 11.1. The number of rotatable bonds is 4. The average Bonchev–Trinajstić information content (AvgIpc) is 2.89. The smallest absolute Gasteiger partial charge is 0.306 e. The lowest BCUT2D eigenvalue weighted by Gasteiger charge is -2.28. The third-order valence-corrected chi connectivity index (χ3v) is 4.48. The van der Waals surface area contributed by atoms with Crippen molar-refractivity contribution in [3.8, 4) is 5.75 Å². The fourth-order valence-corrected chi connectivity index (χ4v) is 3.31. The van der Waals surface area contributed by atoms with E-state index in [1.165, 1.54) is 5.56 Å². The first-order chi connectivity index (χ1) is 9.74. The van der Waals surface area contributed by atoms with Gasteiger partial charge in [0.05, 0.1) is 12.5 Å². The minimum atomic E-state index is -0.647. The molecule has 0 spiro atoms. The van der Waals surface area contributed by atoms with Crippen LogP contribution in [0.15, 0.2) is 24.3 Å². The average molecular weight is 275 g/mol. The fraction of sp³-hybridized carbons (Fsp3) is 0.562. The van der Waals surface area contributed by atoms with Crippen molar-refractivity contribution in [2.24, 2.45) is 5.92 Å². The zero-order valence-electron chi connectivity index (χ0n) is 11.5. The number of hydrogen-bond donors (Lipinski definition) is 2. The topological polar surface area (TPSA) is 58.6 Å². The Bertz CT molecular complexity index is 488. The molecular weight excluding hydrogens is 254 g/mol. The molecule has 0 radical (unpaired) electrons. The van der Waals surface area contributed by atoms with E-state index < -0.39 is 5.97 Å². The number of carboxylic acids is 1. The van der Waals surface area contributed by atoms with Crippen LogP contribution in [0.5, 0.6) is 5.75 Å². The van der Waals surface area contributed by atoms with Crippen molar-refractivity contribution in [3.63, 3.8) is 0 Å². The number of carboxylic acid groups (broad SMARTS) is 1. The molecule has 20 heavy (non-hydrogen) atoms. The van der Waals surface area contributed by atoms with E-state index in [0.29, 0.717) is 12.0 Å². The third kappa shape index (κ3) is 2.80. The van der Waals surface area contributed by atoms with Crippen LogP contribution in [-0.4, -0.2) is 30.3 Å². The van der Waals surface area contributed by atoms with Gasteiger partial charge in [-0.15, -0.1) is 0 Å². The first-order valence-corrected chi connectivity index (χ1v) is 7.42. The summed E-state index contributed by atoms with van der Waals surface area (Å²) in [4.78, 5) is 11.1. The quantitative estimate of drug-likeness (QED) is 0.886. The summed E-state index contributed by atoms with van der Waals surface area (Å²) in [5.74, 6) is 0.558. The van der Waals surface area contributed by atoms with Crippen LogP contribution in [0, 0.1) is 5.92 Å². The monoisotopic (exact) mass is 275 g/mol. The molecule has 1 aliphatic carbocycles. The molecule has 2 aliphatic rings. The van der Waals surface area contributed by atoms with Crippen molar-refractivity contribution < 1.29 is 14.6 Å². The summed E-state index contributed by atoms with van der Waals surface area (Å²) in [5.41, 5.74) is 1.27. The van der Waals surface area contributed by atoms with E-state index in [9.17, 15) is 4.79 Å². The van der Waals surface area contributed by atoms with Crippen LogP contribution in [0.2, 0.25) is 0 Å². The Kier molecular flexibility index (Phi) is 3.92. The van der Waals surface area contributed by atoms with Gasteiger partial charge in [0.15, 0.2) is 0 Å². The fourth-order valence-electron chi connectivity index (χ4n) is 3.31. The van der Waals surface area contributed by atoms with Crippen LogP contribution in [0.1, 0.15) is 37.2 Å². The highest BCUT2D eigenvalue weighted by Crippen LogP contribution is 2.33. The van der Waals surface area contributed by atoms with E-state index in [-0.39, 0.29) is 5.92 Å². The molecule has 3 rings (SSSR count). The van der Waals surface area contributed by atoms with Crippen LogP contribution < -0.4 is 10.1 Å². The molecular formula is C16H21NO3. The summed E-state index contributed by atoms with van der Waals surface area (Å²) in [6, 6.07) is 8.50. The zero-order chi connectivity index (χ0) is 13.9. The van der Waals surface area contributed by atoms with Gasteiger partial charge in [0.25, 0.3) is 0 Å². The Morgan fingerprint density at radius 2 is 2.20 bits per heavy atom. The van der Waals surface area contributed by atoms with Gasteiger partial charge in [-0.1, -0.05) is 24.6 Å². The van der Waals surface area contributed by atoms with Crippen molar-refractivity contribution in [1.82, 2.24) is 5.32 Å². The van der Waals surface area contributed by atoms with Crippen LogP contribution in [0.25, 0.3) is 0 Å². The molecule has 1 saturated carbocycles. The van der Waals surface area contributed by atoms with E-state index in [2.05, 4.69) is 11.4 Å². The normalized spacial score (nSPS) is 28.7. The van der Waals surface area contributed by atoms with Gasteiger partial charge < -0.3 is 15.2 Å². The summed E-state index contributed by atoms with van der Waals surface area (Å²) in [6.45, 7) is 1.59. The van der Waals surface area contributed by atoms with E-state index in [1.54, 1.807) is 0 Å². The maximum absolute atomic E-state index is 11.1. The van der Waals surface area contributed by atoms with Gasteiger partial charge in [0.1, 0.15) is 5.75 Å². The SMILES string of the molecule is O=C(O)C1CCCC(NCC2COc3ccccc32)C1. The maximum Gasteiger partial charge on any atom is 0.306 e. The second kappa shape index (κ2) is 5.83. The molecule has 1 aromatic carbocycles.